The number of quaternary nitrogens is 1. The number of rotatable bonds is 6. The van der Waals surface area contributed by atoms with E-state index in [1.165, 1.54) is 15.3 Å². The van der Waals surface area contributed by atoms with Crippen molar-refractivity contribution in [3.8, 4) is 0 Å². The molecule has 0 unspecified atom stereocenters. The molecule has 0 bridgehead atoms. The van der Waals surface area contributed by atoms with Crippen LogP contribution in [-0.4, -0.2) is 37.8 Å². The summed E-state index contributed by atoms with van der Waals surface area (Å²) in [5.41, 5.74) is 1.27. The molecule has 0 saturated heterocycles. The molecule has 0 saturated carbocycles. The molecule has 0 fully saturated rings. The first-order valence-electron chi connectivity index (χ1n) is 8.58. The van der Waals surface area contributed by atoms with Crippen molar-refractivity contribution in [2.24, 2.45) is 7.05 Å². The monoisotopic (exact) mass is 377 g/mol. The number of nitrogens with zero attached hydrogens (tertiary/aromatic N) is 5. The molecule has 0 aliphatic rings. The van der Waals surface area contributed by atoms with Gasteiger partial charge in [0.2, 0.25) is 0 Å². The third-order valence-corrected chi connectivity index (χ3v) is 6.82. The first kappa shape index (κ1) is 18.3. The topological polar surface area (TPSA) is 60.9 Å². The second-order valence-electron chi connectivity index (χ2n) is 6.23. The van der Waals surface area contributed by atoms with Crippen LogP contribution in [0.5, 0.6) is 0 Å². The van der Waals surface area contributed by atoms with Gasteiger partial charge in [0.15, 0.2) is 11.0 Å². The summed E-state index contributed by atoms with van der Waals surface area (Å²) >= 11 is 3.34. The van der Waals surface area contributed by atoms with Crippen molar-refractivity contribution in [2.75, 3.05) is 13.1 Å². The van der Waals surface area contributed by atoms with Gasteiger partial charge >= 0.3 is 0 Å². The summed E-state index contributed by atoms with van der Waals surface area (Å²) < 4.78 is 2.00. The fourth-order valence-corrected chi connectivity index (χ4v) is 4.83. The van der Waals surface area contributed by atoms with E-state index in [0.29, 0.717) is 0 Å². The van der Waals surface area contributed by atoms with E-state index in [0.717, 1.165) is 51.7 Å². The Morgan fingerprint density at radius 2 is 1.80 bits per heavy atom. The van der Waals surface area contributed by atoms with Gasteiger partial charge in [-0.2, -0.15) is 0 Å². The van der Waals surface area contributed by atoms with Crippen molar-refractivity contribution >= 4 is 33.3 Å². The van der Waals surface area contributed by atoms with Crippen LogP contribution >= 0.6 is 23.1 Å². The van der Waals surface area contributed by atoms with Crippen LogP contribution in [0.25, 0.3) is 10.2 Å². The molecular weight excluding hydrogens is 352 g/mol. The average molecular weight is 378 g/mol. The van der Waals surface area contributed by atoms with Crippen LogP contribution in [0.2, 0.25) is 0 Å². The Balaban J connectivity index is 2.08. The molecule has 0 atom stereocenters. The molecule has 8 heteroatoms. The minimum absolute atomic E-state index is 0.852. The zero-order chi connectivity index (χ0) is 18.1. The molecule has 6 nitrogen and oxygen atoms in total. The van der Waals surface area contributed by atoms with Crippen molar-refractivity contribution in [1.82, 2.24) is 24.7 Å². The molecular formula is C17H25N6S2+. The fraction of sp³-hybridized carbons (Fsp3) is 0.529. The maximum absolute atomic E-state index is 4.91. The lowest BCUT2D eigenvalue weighted by Crippen LogP contribution is -3.10. The maximum Gasteiger partial charge on any atom is 0.197 e. The Morgan fingerprint density at radius 3 is 2.40 bits per heavy atom. The highest BCUT2D eigenvalue weighted by molar-refractivity contribution is 7.99. The van der Waals surface area contributed by atoms with Gasteiger partial charge in [0, 0.05) is 17.3 Å². The van der Waals surface area contributed by atoms with E-state index in [1.807, 2.05) is 18.5 Å². The van der Waals surface area contributed by atoms with Crippen LogP contribution in [0.3, 0.4) is 0 Å². The predicted molar refractivity (Wildman–Crippen MR) is 103 cm³/mol. The van der Waals surface area contributed by atoms with Crippen molar-refractivity contribution in [3.05, 3.63) is 22.1 Å². The summed E-state index contributed by atoms with van der Waals surface area (Å²) in [7, 11) is 1.99. The summed E-state index contributed by atoms with van der Waals surface area (Å²) in [5.74, 6) is 1.81. The highest BCUT2D eigenvalue weighted by atomic mass is 32.2. The van der Waals surface area contributed by atoms with Crippen molar-refractivity contribution < 1.29 is 4.90 Å². The molecule has 0 aromatic carbocycles. The molecule has 0 spiro atoms. The summed E-state index contributed by atoms with van der Waals surface area (Å²) in [6.45, 7) is 13.7. The molecule has 134 valence electrons. The molecule has 3 aromatic rings. The Morgan fingerprint density at radius 1 is 1.08 bits per heavy atom. The molecule has 1 N–H and O–H groups in total. The van der Waals surface area contributed by atoms with Gasteiger partial charge in [-0.1, -0.05) is 0 Å². The minimum Gasteiger partial charge on any atom is -0.329 e. The van der Waals surface area contributed by atoms with Gasteiger partial charge in [0.05, 0.1) is 13.1 Å². The van der Waals surface area contributed by atoms with Gasteiger partial charge in [-0.25, -0.2) is 9.97 Å². The molecule has 0 aliphatic heterocycles. The lowest BCUT2D eigenvalue weighted by atomic mass is 10.2. The average Bonchev–Trinajstić information content (AvgIpc) is 3.06. The highest BCUT2D eigenvalue weighted by Crippen LogP contribution is 2.37. The van der Waals surface area contributed by atoms with Crippen LogP contribution in [0.1, 0.15) is 35.9 Å². The van der Waals surface area contributed by atoms with E-state index in [-0.39, 0.29) is 0 Å². The maximum atomic E-state index is 4.91. The number of nitrogens with one attached hydrogen (secondary N) is 1. The third kappa shape index (κ3) is 3.56. The van der Waals surface area contributed by atoms with E-state index in [9.17, 15) is 0 Å². The van der Waals surface area contributed by atoms with E-state index >= 15 is 0 Å². The number of fused-ring (bicyclic) bond motifs is 1. The quantitative estimate of drug-likeness (QED) is 0.668. The van der Waals surface area contributed by atoms with E-state index in [2.05, 4.69) is 37.9 Å². The second-order valence-corrected chi connectivity index (χ2v) is 8.39. The van der Waals surface area contributed by atoms with Crippen molar-refractivity contribution in [1.29, 1.82) is 0 Å². The summed E-state index contributed by atoms with van der Waals surface area (Å²) in [6, 6.07) is 0. The second kappa shape index (κ2) is 7.39. The number of hydrogen-bond acceptors (Lipinski definition) is 6. The molecule has 25 heavy (non-hydrogen) atoms. The standard InChI is InChI=1S/C17H24N6S2/c1-7-23(8-2)9-13-18-15-14(10(3)11(4)24-15)16(19-13)25-17-21-20-12(5)22(17)6/h7-9H2,1-6H3/p+1. The third-order valence-electron chi connectivity index (χ3n) is 4.69. The molecule has 0 amide bonds. The molecule has 3 rings (SSSR count). The van der Waals surface area contributed by atoms with Crippen molar-refractivity contribution in [3.63, 3.8) is 0 Å². The van der Waals surface area contributed by atoms with Gasteiger partial charge < -0.3 is 9.47 Å². The van der Waals surface area contributed by atoms with Gasteiger partial charge in [-0.05, 0) is 51.9 Å². The minimum atomic E-state index is 0.852. The summed E-state index contributed by atoms with van der Waals surface area (Å²) in [5, 5.41) is 11.5. The van der Waals surface area contributed by atoms with Gasteiger partial charge in [-0.15, -0.1) is 21.5 Å². The first-order valence-corrected chi connectivity index (χ1v) is 10.2. The van der Waals surface area contributed by atoms with E-state index < -0.39 is 0 Å². The summed E-state index contributed by atoms with van der Waals surface area (Å²) in [6.07, 6.45) is 0. The Hall–Kier alpha value is -1.51. The molecule has 3 heterocycles. The lowest BCUT2D eigenvalue weighted by molar-refractivity contribution is -0.910. The van der Waals surface area contributed by atoms with Gasteiger partial charge in [0.1, 0.15) is 22.2 Å². The van der Waals surface area contributed by atoms with Gasteiger partial charge in [-0.3, -0.25) is 0 Å². The van der Waals surface area contributed by atoms with Crippen LogP contribution < -0.4 is 4.90 Å². The van der Waals surface area contributed by atoms with Crippen LogP contribution in [0.4, 0.5) is 0 Å². The predicted octanol–water partition coefficient (Wildman–Crippen LogP) is 2.32. The highest BCUT2D eigenvalue weighted by Gasteiger charge is 2.19. The Bertz CT molecular complexity index is 894. The van der Waals surface area contributed by atoms with E-state index in [1.54, 1.807) is 23.1 Å². The van der Waals surface area contributed by atoms with Gasteiger partial charge in [0.25, 0.3) is 0 Å². The zero-order valence-corrected chi connectivity index (χ0v) is 17.3. The smallest absolute Gasteiger partial charge is 0.197 e. The molecule has 0 radical (unpaired) electrons. The van der Waals surface area contributed by atoms with Crippen LogP contribution in [0.15, 0.2) is 10.2 Å². The lowest BCUT2D eigenvalue weighted by Gasteiger charge is -2.14. The fourth-order valence-electron chi connectivity index (χ4n) is 2.69. The zero-order valence-electron chi connectivity index (χ0n) is 15.7. The SMILES string of the molecule is CC[NH+](CC)Cc1nc(Sc2nnc(C)n2C)c2c(C)c(C)sc2n1. The summed E-state index contributed by atoms with van der Waals surface area (Å²) in [4.78, 5) is 13.6. The number of aromatic nitrogens is 5. The first-order chi connectivity index (χ1) is 11.9. The number of aryl methyl sites for hydroxylation is 3. The normalized spacial score (nSPS) is 11.8. The number of hydrogen-bond donors (Lipinski definition) is 1. The Labute approximate surface area is 156 Å². The molecule has 0 aliphatic carbocycles. The number of thiophene rings is 1. The largest absolute Gasteiger partial charge is 0.329 e. The molecule has 3 aromatic heterocycles. The van der Waals surface area contributed by atoms with E-state index in [4.69, 9.17) is 9.97 Å². The van der Waals surface area contributed by atoms with Crippen LogP contribution in [-0.2, 0) is 13.6 Å². The Kier molecular flexibility index (Phi) is 5.41. The van der Waals surface area contributed by atoms with Crippen LogP contribution in [0, 0.1) is 20.8 Å². The van der Waals surface area contributed by atoms with Crippen molar-refractivity contribution in [2.45, 2.75) is 51.3 Å².